The molecular formula is C25H29N3O4S. The molecule has 1 aliphatic carbocycles. The molecule has 0 bridgehead atoms. The monoisotopic (exact) mass is 467 g/mol. The van der Waals surface area contributed by atoms with E-state index in [-0.39, 0.29) is 24.4 Å². The fourth-order valence-corrected chi connectivity index (χ4v) is 6.00. The summed E-state index contributed by atoms with van der Waals surface area (Å²) in [5.41, 5.74) is 1.37. The van der Waals surface area contributed by atoms with Crippen molar-refractivity contribution in [3.63, 3.8) is 0 Å². The number of amides is 2. The summed E-state index contributed by atoms with van der Waals surface area (Å²) in [5, 5.41) is 5.26. The summed E-state index contributed by atoms with van der Waals surface area (Å²) in [6.45, 7) is 2.52. The zero-order valence-electron chi connectivity index (χ0n) is 19.2. The summed E-state index contributed by atoms with van der Waals surface area (Å²) in [5.74, 6) is 0.916. The fourth-order valence-electron chi connectivity index (χ4n) is 5.18. The van der Waals surface area contributed by atoms with E-state index >= 15 is 0 Å². The first kappa shape index (κ1) is 21.8. The Morgan fingerprint density at radius 3 is 2.73 bits per heavy atom. The van der Waals surface area contributed by atoms with Crippen LogP contribution in [0.5, 0.6) is 11.5 Å². The summed E-state index contributed by atoms with van der Waals surface area (Å²) in [4.78, 5) is 29.3. The second-order valence-electron chi connectivity index (χ2n) is 9.06. The standard InChI is InChI=1S/C25H29N3O4S/c1-25(24(30)26-17-8-4-5-9-17)15-27-18-11-12-33-21(18)13-19(27)23(29)28(25)14-16-7-6-10-20(31-2)22(16)32-3/h6-7,10-13,17H,4-5,8-9,14-15H2,1-3H3,(H,26,30)/t25-/m0/s1. The van der Waals surface area contributed by atoms with Crippen molar-refractivity contribution in [2.75, 3.05) is 14.2 Å². The molecule has 0 radical (unpaired) electrons. The predicted octanol–water partition coefficient (Wildman–Crippen LogP) is 4.19. The summed E-state index contributed by atoms with van der Waals surface area (Å²) >= 11 is 1.61. The Labute approximate surface area is 197 Å². The molecule has 3 aromatic rings. The second kappa shape index (κ2) is 8.41. The van der Waals surface area contributed by atoms with E-state index in [9.17, 15) is 9.59 Å². The van der Waals surface area contributed by atoms with Crippen LogP contribution in [0.15, 0.2) is 35.7 Å². The van der Waals surface area contributed by atoms with Gasteiger partial charge in [-0.3, -0.25) is 9.59 Å². The van der Waals surface area contributed by atoms with Crippen molar-refractivity contribution in [3.8, 4) is 11.5 Å². The van der Waals surface area contributed by atoms with Gasteiger partial charge in [-0.15, -0.1) is 11.3 Å². The average Bonchev–Trinajstić information content (AvgIpc) is 3.55. The number of thiophene rings is 1. The lowest BCUT2D eigenvalue weighted by Crippen LogP contribution is -2.64. The Kier molecular flexibility index (Phi) is 5.56. The van der Waals surface area contributed by atoms with Crippen LogP contribution in [0.3, 0.4) is 0 Å². The van der Waals surface area contributed by atoms with E-state index in [1.54, 1.807) is 30.5 Å². The molecule has 1 saturated carbocycles. The third kappa shape index (κ3) is 3.57. The zero-order chi connectivity index (χ0) is 23.2. The highest BCUT2D eigenvalue weighted by Crippen LogP contribution is 2.38. The molecule has 5 rings (SSSR count). The molecule has 0 unspecified atom stereocenters. The smallest absolute Gasteiger partial charge is 0.271 e. The number of hydrogen-bond donors (Lipinski definition) is 1. The Hall–Kier alpha value is -3.00. The number of rotatable bonds is 6. The van der Waals surface area contributed by atoms with E-state index in [4.69, 9.17) is 9.47 Å². The molecule has 2 aliphatic rings. The maximum absolute atomic E-state index is 13.9. The van der Waals surface area contributed by atoms with Gasteiger partial charge in [0.25, 0.3) is 5.91 Å². The van der Waals surface area contributed by atoms with Crippen molar-refractivity contribution in [2.45, 2.75) is 57.3 Å². The van der Waals surface area contributed by atoms with Gasteiger partial charge in [-0.25, -0.2) is 0 Å². The van der Waals surface area contributed by atoms with Gasteiger partial charge in [0.2, 0.25) is 5.91 Å². The number of para-hydroxylation sites is 1. The SMILES string of the molecule is COc1cccc(CN2C(=O)c3cc4sccc4n3C[C@@]2(C)C(=O)NC2CCCC2)c1OC. The van der Waals surface area contributed by atoms with Gasteiger partial charge in [-0.05, 0) is 43.3 Å². The van der Waals surface area contributed by atoms with E-state index in [0.29, 0.717) is 23.7 Å². The van der Waals surface area contributed by atoms with Crippen LogP contribution in [-0.2, 0) is 17.9 Å². The first-order valence-corrected chi connectivity index (χ1v) is 12.2. The van der Waals surface area contributed by atoms with Gasteiger partial charge in [0.15, 0.2) is 11.5 Å². The number of hydrogen-bond acceptors (Lipinski definition) is 5. The van der Waals surface area contributed by atoms with Crippen LogP contribution in [0.4, 0.5) is 0 Å². The van der Waals surface area contributed by atoms with Gasteiger partial charge in [0, 0.05) is 11.6 Å². The predicted molar refractivity (Wildman–Crippen MR) is 128 cm³/mol. The normalized spacial score (nSPS) is 20.8. The lowest BCUT2D eigenvalue weighted by atomic mass is 9.93. The highest BCUT2D eigenvalue weighted by atomic mass is 32.1. The maximum Gasteiger partial charge on any atom is 0.271 e. The number of methoxy groups -OCH3 is 2. The van der Waals surface area contributed by atoms with Crippen molar-refractivity contribution in [1.29, 1.82) is 0 Å². The van der Waals surface area contributed by atoms with Gasteiger partial charge < -0.3 is 24.3 Å². The number of nitrogens with zero attached hydrogens (tertiary/aromatic N) is 2. The molecule has 1 fully saturated rings. The van der Waals surface area contributed by atoms with Crippen LogP contribution in [0.1, 0.15) is 48.7 Å². The van der Waals surface area contributed by atoms with Crippen molar-refractivity contribution < 1.29 is 19.1 Å². The van der Waals surface area contributed by atoms with E-state index in [1.807, 2.05) is 47.2 Å². The number of ether oxygens (including phenoxy) is 2. The highest BCUT2D eigenvalue weighted by molar-refractivity contribution is 7.17. The Morgan fingerprint density at radius 1 is 1.21 bits per heavy atom. The molecular weight excluding hydrogens is 438 g/mol. The number of nitrogens with one attached hydrogen (secondary N) is 1. The average molecular weight is 468 g/mol. The van der Waals surface area contributed by atoms with Crippen molar-refractivity contribution >= 4 is 33.4 Å². The van der Waals surface area contributed by atoms with E-state index in [2.05, 4.69) is 5.32 Å². The van der Waals surface area contributed by atoms with Gasteiger partial charge in [-0.2, -0.15) is 0 Å². The van der Waals surface area contributed by atoms with Gasteiger partial charge >= 0.3 is 0 Å². The molecule has 0 spiro atoms. The number of carbonyl (C=O) groups excluding carboxylic acids is 2. The zero-order valence-corrected chi connectivity index (χ0v) is 20.0. The van der Waals surface area contributed by atoms with Crippen LogP contribution in [0.25, 0.3) is 10.2 Å². The number of fused-ring (bicyclic) bond motifs is 3. The summed E-state index contributed by atoms with van der Waals surface area (Å²) < 4.78 is 14.1. The van der Waals surface area contributed by atoms with Gasteiger partial charge in [-0.1, -0.05) is 25.0 Å². The first-order chi connectivity index (χ1) is 16.0. The number of aromatic nitrogens is 1. The minimum Gasteiger partial charge on any atom is -0.493 e. The Morgan fingerprint density at radius 2 is 2.00 bits per heavy atom. The van der Waals surface area contributed by atoms with Crippen LogP contribution < -0.4 is 14.8 Å². The summed E-state index contributed by atoms with van der Waals surface area (Å²) in [6, 6.07) is 9.74. The van der Waals surface area contributed by atoms with E-state index in [1.165, 1.54) is 0 Å². The maximum atomic E-state index is 13.9. The third-order valence-electron chi connectivity index (χ3n) is 7.04. The molecule has 2 amide bonds. The van der Waals surface area contributed by atoms with Crippen LogP contribution in [-0.4, -0.2) is 47.1 Å². The molecule has 1 aromatic carbocycles. The molecule has 0 saturated heterocycles. The molecule has 174 valence electrons. The molecule has 1 N–H and O–H groups in total. The van der Waals surface area contributed by atoms with E-state index < -0.39 is 5.54 Å². The summed E-state index contributed by atoms with van der Waals surface area (Å²) in [6.07, 6.45) is 4.23. The Bertz CT molecular complexity index is 1210. The third-order valence-corrected chi connectivity index (χ3v) is 7.89. The molecule has 7 nitrogen and oxygen atoms in total. The largest absolute Gasteiger partial charge is 0.493 e. The van der Waals surface area contributed by atoms with Crippen molar-refractivity contribution in [2.24, 2.45) is 0 Å². The van der Waals surface area contributed by atoms with Crippen LogP contribution >= 0.6 is 11.3 Å². The van der Waals surface area contributed by atoms with Gasteiger partial charge in [0.1, 0.15) is 11.2 Å². The van der Waals surface area contributed by atoms with Crippen LogP contribution in [0.2, 0.25) is 0 Å². The van der Waals surface area contributed by atoms with E-state index in [0.717, 1.165) is 41.5 Å². The molecule has 3 heterocycles. The molecule has 8 heteroatoms. The minimum absolute atomic E-state index is 0.104. The lowest BCUT2D eigenvalue weighted by molar-refractivity contribution is -0.133. The quantitative estimate of drug-likeness (QED) is 0.590. The second-order valence-corrected chi connectivity index (χ2v) is 10.0. The minimum atomic E-state index is -1.05. The van der Waals surface area contributed by atoms with Crippen molar-refractivity contribution in [1.82, 2.24) is 14.8 Å². The van der Waals surface area contributed by atoms with Crippen molar-refractivity contribution in [3.05, 3.63) is 47.0 Å². The Balaban J connectivity index is 1.57. The molecule has 1 aliphatic heterocycles. The van der Waals surface area contributed by atoms with Crippen LogP contribution in [0, 0.1) is 0 Å². The number of benzene rings is 1. The topological polar surface area (TPSA) is 72.8 Å². The van der Waals surface area contributed by atoms with Gasteiger partial charge in [0.05, 0.1) is 37.5 Å². The fraction of sp³-hybridized carbons (Fsp3) is 0.440. The molecule has 1 atom stereocenters. The number of carbonyl (C=O) groups is 2. The first-order valence-electron chi connectivity index (χ1n) is 11.4. The molecule has 2 aromatic heterocycles. The molecule has 33 heavy (non-hydrogen) atoms. The summed E-state index contributed by atoms with van der Waals surface area (Å²) in [7, 11) is 3.18. The highest BCUT2D eigenvalue weighted by Gasteiger charge is 2.48. The lowest BCUT2D eigenvalue weighted by Gasteiger charge is -2.44.